The molecule has 0 aliphatic heterocycles. The molecule has 1 heterocycles. The van der Waals surface area contributed by atoms with E-state index in [1.165, 1.54) is 30.2 Å². The van der Waals surface area contributed by atoms with Crippen molar-refractivity contribution in [2.24, 2.45) is 11.8 Å². The van der Waals surface area contributed by atoms with E-state index in [4.69, 9.17) is 4.42 Å². The third-order valence-corrected chi connectivity index (χ3v) is 5.15. The quantitative estimate of drug-likeness (QED) is 0.878. The fraction of sp³-hybridized carbons (Fsp3) is 0.556. The lowest BCUT2D eigenvalue weighted by Crippen LogP contribution is -2.40. The van der Waals surface area contributed by atoms with Crippen LogP contribution in [0.15, 0.2) is 28.7 Å². The topological polar surface area (TPSA) is 25.2 Å². The Morgan fingerprint density at radius 3 is 2.85 bits per heavy atom. The molecule has 1 N–H and O–H groups in total. The molecule has 2 aromatic rings. The van der Waals surface area contributed by atoms with E-state index < -0.39 is 0 Å². The molecule has 1 aromatic heterocycles. The van der Waals surface area contributed by atoms with E-state index >= 15 is 0 Å². The minimum Gasteiger partial charge on any atom is -0.461 e. The predicted molar refractivity (Wildman–Crippen MR) is 83.8 cm³/mol. The lowest BCUT2D eigenvalue weighted by Gasteiger charge is -2.34. The van der Waals surface area contributed by atoms with Crippen molar-refractivity contribution in [2.45, 2.75) is 52.6 Å². The van der Waals surface area contributed by atoms with Gasteiger partial charge < -0.3 is 9.73 Å². The summed E-state index contributed by atoms with van der Waals surface area (Å²) >= 11 is 0. The molecule has 2 heteroatoms. The summed E-state index contributed by atoms with van der Waals surface area (Å²) in [6.45, 7) is 7.77. The molecule has 1 aromatic carbocycles. The van der Waals surface area contributed by atoms with Crippen molar-refractivity contribution in [3.05, 3.63) is 35.6 Å². The van der Waals surface area contributed by atoms with Gasteiger partial charge in [0.1, 0.15) is 11.3 Å². The molecule has 0 radical (unpaired) electrons. The normalized spacial score (nSPS) is 27.1. The first-order valence-corrected chi connectivity index (χ1v) is 7.87. The average Bonchev–Trinajstić information content (AvgIpc) is 2.76. The zero-order valence-electron chi connectivity index (χ0n) is 12.8. The Kier molecular flexibility index (Phi) is 3.84. The van der Waals surface area contributed by atoms with Crippen LogP contribution >= 0.6 is 0 Å². The first-order chi connectivity index (χ1) is 9.66. The summed E-state index contributed by atoms with van der Waals surface area (Å²) in [7, 11) is 0. The number of hydrogen-bond donors (Lipinski definition) is 1. The van der Waals surface area contributed by atoms with Gasteiger partial charge in [0.15, 0.2) is 0 Å². The van der Waals surface area contributed by atoms with Crippen LogP contribution in [0.2, 0.25) is 0 Å². The SMILES string of the molecule is Cc1oc2ccccc2c1CNC1CCCC(C)C1C. The smallest absolute Gasteiger partial charge is 0.134 e. The predicted octanol–water partition coefficient (Wildman–Crippen LogP) is 4.66. The van der Waals surface area contributed by atoms with Crippen LogP contribution in [0.5, 0.6) is 0 Å². The number of para-hydroxylation sites is 1. The Morgan fingerprint density at radius 2 is 2.00 bits per heavy atom. The third kappa shape index (κ3) is 2.49. The van der Waals surface area contributed by atoms with E-state index in [2.05, 4.69) is 44.3 Å². The molecule has 0 saturated heterocycles. The van der Waals surface area contributed by atoms with Crippen molar-refractivity contribution in [3.63, 3.8) is 0 Å². The summed E-state index contributed by atoms with van der Waals surface area (Å²) < 4.78 is 5.85. The van der Waals surface area contributed by atoms with Gasteiger partial charge in [-0.05, 0) is 31.2 Å². The summed E-state index contributed by atoms with van der Waals surface area (Å²) in [5, 5.41) is 5.04. The van der Waals surface area contributed by atoms with Gasteiger partial charge in [-0.25, -0.2) is 0 Å². The van der Waals surface area contributed by atoms with Crippen molar-refractivity contribution < 1.29 is 4.42 Å². The minimum atomic E-state index is 0.645. The molecule has 1 saturated carbocycles. The lowest BCUT2D eigenvalue weighted by molar-refractivity contribution is 0.206. The maximum Gasteiger partial charge on any atom is 0.134 e. The third-order valence-electron chi connectivity index (χ3n) is 5.15. The van der Waals surface area contributed by atoms with Gasteiger partial charge in [-0.1, -0.05) is 44.9 Å². The molecular weight excluding hydrogens is 246 g/mol. The largest absolute Gasteiger partial charge is 0.461 e. The van der Waals surface area contributed by atoms with Crippen molar-refractivity contribution in [1.82, 2.24) is 5.32 Å². The Labute approximate surface area is 121 Å². The number of aryl methyl sites for hydroxylation is 1. The van der Waals surface area contributed by atoms with E-state index in [0.717, 1.165) is 29.7 Å². The van der Waals surface area contributed by atoms with Crippen LogP contribution in [0.1, 0.15) is 44.4 Å². The van der Waals surface area contributed by atoms with E-state index in [1.807, 2.05) is 6.07 Å². The molecule has 0 spiro atoms. The minimum absolute atomic E-state index is 0.645. The Balaban J connectivity index is 1.75. The zero-order valence-corrected chi connectivity index (χ0v) is 12.8. The standard InChI is InChI=1S/C18H25NO/c1-12-7-6-9-17(13(12)2)19-11-16-14(3)20-18-10-5-4-8-15(16)18/h4-5,8,10,12-13,17,19H,6-7,9,11H2,1-3H3. The lowest BCUT2D eigenvalue weighted by atomic mass is 9.78. The molecule has 2 nitrogen and oxygen atoms in total. The van der Waals surface area contributed by atoms with Crippen LogP contribution < -0.4 is 5.32 Å². The Morgan fingerprint density at radius 1 is 1.20 bits per heavy atom. The number of benzene rings is 1. The van der Waals surface area contributed by atoms with E-state index in [1.54, 1.807) is 0 Å². The molecule has 1 fully saturated rings. The van der Waals surface area contributed by atoms with Crippen LogP contribution in [0.4, 0.5) is 0 Å². The molecule has 20 heavy (non-hydrogen) atoms. The van der Waals surface area contributed by atoms with Gasteiger partial charge >= 0.3 is 0 Å². The van der Waals surface area contributed by atoms with E-state index in [-0.39, 0.29) is 0 Å². The number of fused-ring (bicyclic) bond motifs is 1. The summed E-state index contributed by atoms with van der Waals surface area (Å²) in [5.74, 6) is 2.65. The van der Waals surface area contributed by atoms with Gasteiger partial charge in [-0.2, -0.15) is 0 Å². The molecule has 3 unspecified atom stereocenters. The maximum absolute atomic E-state index is 5.85. The second-order valence-electron chi connectivity index (χ2n) is 6.39. The molecule has 1 aliphatic carbocycles. The molecule has 0 bridgehead atoms. The second-order valence-corrected chi connectivity index (χ2v) is 6.39. The highest BCUT2D eigenvalue weighted by Gasteiger charge is 2.26. The highest BCUT2D eigenvalue weighted by atomic mass is 16.3. The Hall–Kier alpha value is -1.28. The average molecular weight is 271 g/mol. The van der Waals surface area contributed by atoms with Crippen LogP contribution in [-0.4, -0.2) is 6.04 Å². The van der Waals surface area contributed by atoms with Crippen LogP contribution in [0.25, 0.3) is 11.0 Å². The van der Waals surface area contributed by atoms with E-state index in [9.17, 15) is 0 Å². The summed E-state index contributed by atoms with van der Waals surface area (Å²) in [5.41, 5.74) is 2.33. The summed E-state index contributed by atoms with van der Waals surface area (Å²) in [4.78, 5) is 0. The van der Waals surface area contributed by atoms with Crippen molar-refractivity contribution in [2.75, 3.05) is 0 Å². The molecule has 108 valence electrons. The van der Waals surface area contributed by atoms with Gasteiger partial charge in [0.05, 0.1) is 0 Å². The maximum atomic E-state index is 5.85. The number of rotatable bonds is 3. The Bertz CT molecular complexity index is 586. The number of furan rings is 1. The van der Waals surface area contributed by atoms with Gasteiger partial charge in [-0.3, -0.25) is 0 Å². The molecule has 3 rings (SSSR count). The van der Waals surface area contributed by atoms with Crippen molar-refractivity contribution in [1.29, 1.82) is 0 Å². The highest BCUT2D eigenvalue weighted by Crippen LogP contribution is 2.30. The van der Waals surface area contributed by atoms with Gasteiger partial charge in [0, 0.05) is 23.5 Å². The van der Waals surface area contributed by atoms with Gasteiger partial charge in [0.25, 0.3) is 0 Å². The van der Waals surface area contributed by atoms with Crippen LogP contribution in [-0.2, 0) is 6.54 Å². The monoisotopic (exact) mass is 271 g/mol. The molecule has 1 aliphatic rings. The van der Waals surface area contributed by atoms with Crippen LogP contribution in [0.3, 0.4) is 0 Å². The molecule has 0 amide bonds. The van der Waals surface area contributed by atoms with Crippen LogP contribution in [0, 0.1) is 18.8 Å². The first-order valence-electron chi connectivity index (χ1n) is 7.87. The van der Waals surface area contributed by atoms with E-state index in [0.29, 0.717) is 6.04 Å². The fourth-order valence-corrected chi connectivity index (χ4v) is 3.54. The van der Waals surface area contributed by atoms with Gasteiger partial charge in [0.2, 0.25) is 0 Å². The summed E-state index contributed by atoms with van der Waals surface area (Å²) in [6.07, 6.45) is 4.04. The molecular formula is C18H25NO. The molecule has 3 atom stereocenters. The van der Waals surface area contributed by atoms with Crippen molar-refractivity contribution >= 4 is 11.0 Å². The van der Waals surface area contributed by atoms with Crippen molar-refractivity contribution in [3.8, 4) is 0 Å². The number of hydrogen-bond acceptors (Lipinski definition) is 2. The highest BCUT2D eigenvalue weighted by molar-refractivity contribution is 5.82. The number of nitrogens with one attached hydrogen (secondary N) is 1. The zero-order chi connectivity index (χ0) is 14.1. The summed E-state index contributed by atoms with van der Waals surface area (Å²) in [6, 6.07) is 8.98. The first kappa shape index (κ1) is 13.7. The second kappa shape index (κ2) is 5.61. The van der Waals surface area contributed by atoms with Gasteiger partial charge in [-0.15, -0.1) is 0 Å². The fourth-order valence-electron chi connectivity index (χ4n) is 3.54.